The van der Waals surface area contributed by atoms with Gasteiger partial charge in [0, 0.05) is 16.9 Å². The Hall–Kier alpha value is -0.653. The molecule has 110 valence electrons. The summed E-state index contributed by atoms with van der Waals surface area (Å²) in [4.78, 5) is 0. The minimum atomic E-state index is -1.75. The van der Waals surface area contributed by atoms with Crippen molar-refractivity contribution in [1.82, 2.24) is 9.78 Å². The fourth-order valence-corrected chi connectivity index (χ4v) is 3.41. The van der Waals surface area contributed by atoms with Crippen molar-refractivity contribution < 1.29 is 4.43 Å². The Bertz CT molecular complexity index is 629. The van der Waals surface area contributed by atoms with Gasteiger partial charge < -0.3 is 4.43 Å². The van der Waals surface area contributed by atoms with Crippen molar-refractivity contribution in [2.45, 2.75) is 45.5 Å². The molecule has 0 atom stereocenters. The van der Waals surface area contributed by atoms with Gasteiger partial charge in [0.1, 0.15) is 0 Å². The van der Waals surface area contributed by atoms with Gasteiger partial charge in [-0.15, -0.1) is 0 Å². The molecule has 2 aromatic rings. The standard InChI is InChI=1S/C15H23BrN2OSi/c1-15(2,3)20(5,6)19-10-13-14-11(16)8-7-9-12(14)17-18(13)4/h7-9H,10H2,1-6H3. The molecular weight excluding hydrogens is 332 g/mol. The Labute approximate surface area is 130 Å². The third-order valence-electron chi connectivity index (χ3n) is 4.30. The topological polar surface area (TPSA) is 27.1 Å². The van der Waals surface area contributed by atoms with Crippen LogP contribution in [0.15, 0.2) is 22.7 Å². The molecule has 3 nitrogen and oxygen atoms in total. The first kappa shape index (κ1) is 15.7. The molecule has 5 heteroatoms. The van der Waals surface area contributed by atoms with E-state index in [1.165, 1.54) is 0 Å². The summed E-state index contributed by atoms with van der Waals surface area (Å²) in [6, 6.07) is 6.10. The van der Waals surface area contributed by atoms with Crippen molar-refractivity contribution in [3.63, 3.8) is 0 Å². The molecule has 0 unspecified atom stereocenters. The van der Waals surface area contributed by atoms with Gasteiger partial charge in [-0.05, 0) is 30.3 Å². The van der Waals surface area contributed by atoms with Gasteiger partial charge >= 0.3 is 0 Å². The predicted octanol–water partition coefficient (Wildman–Crippen LogP) is 4.86. The second-order valence-corrected chi connectivity index (χ2v) is 12.4. The first-order chi connectivity index (χ1) is 9.13. The van der Waals surface area contributed by atoms with E-state index >= 15 is 0 Å². The van der Waals surface area contributed by atoms with E-state index in [0.717, 1.165) is 21.1 Å². The van der Waals surface area contributed by atoms with Crippen molar-refractivity contribution in [2.24, 2.45) is 7.05 Å². The molecule has 1 aromatic heterocycles. The van der Waals surface area contributed by atoms with Gasteiger partial charge in [0.2, 0.25) is 0 Å². The summed E-state index contributed by atoms with van der Waals surface area (Å²) in [5.41, 5.74) is 2.15. The smallest absolute Gasteiger partial charge is 0.192 e. The fourth-order valence-electron chi connectivity index (χ4n) is 1.90. The van der Waals surface area contributed by atoms with E-state index in [2.05, 4.69) is 61.0 Å². The Morgan fingerprint density at radius 1 is 1.30 bits per heavy atom. The maximum atomic E-state index is 6.34. The van der Waals surface area contributed by atoms with Crippen LogP contribution in [0.2, 0.25) is 18.1 Å². The van der Waals surface area contributed by atoms with Crippen molar-refractivity contribution in [3.8, 4) is 0 Å². The number of hydrogen-bond donors (Lipinski definition) is 0. The van der Waals surface area contributed by atoms with E-state index in [-0.39, 0.29) is 5.04 Å². The first-order valence-electron chi connectivity index (χ1n) is 6.87. The van der Waals surface area contributed by atoms with E-state index in [1.54, 1.807) is 0 Å². The number of benzene rings is 1. The molecule has 2 rings (SSSR count). The zero-order chi connectivity index (χ0) is 15.1. The number of aromatic nitrogens is 2. The molecule has 1 aromatic carbocycles. The molecule has 0 aliphatic carbocycles. The monoisotopic (exact) mass is 354 g/mol. The van der Waals surface area contributed by atoms with Gasteiger partial charge in [0.15, 0.2) is 8.32 Å². The highest BCUT2D eigenvalue weighted by Crippen LogP contribution is 2.37. The van der Waals surface area contributed by atoms with Crippen LogP contribution in [0.3, 0.4) is 0 Å². The van der Waals surface area contributed by atoms with E-state index in [9.17, 15) is 0 Å². The van der Waals surface area contributed by atoms with Crippen LogP contribution in [-0.4, -0.2) is 18.1 Å². The lowest BCUT2D eigenvalue weighted by Gasteiger charge is -2.36. The van der Waals surface area contributed by atoms with Crippen molar-refractivity contribution >= 4 is 35.2 Å². The molecule has 0 saturated carbocycles. The van der Waals surface area contributed by atoms with Gasteiger partial charge in [-0.2, -0.15) is 5.10 Å². The number of nitrogens with zero attached hydrogens (tertiary/aromatic N) is 2. The lowest BCUT2D eigenvalue weighted by Crippen LogP contribution is -2.40. The predicted molar refractivity (Wildman–Crippen MR) is 90.4 cm³/mol. The molecule has 0 radical (unpaired) electrons. The SMILES string of the molecule is Cn1nc2cccc(Br)c2c1CO[Si](C)(C)C(C)(C)C. The summed E-state index contributed by atoms with van der Waals surface area (Å²) < 4.78 is 9.35. The quantitative estimate of drug-likeness (QED) is 0.736. The van der Waals surface area contributed by atoms with Crippen LogP contribution in [0.5, 0.6) is 0 Å². The van der Waals surface area contributed by atoms with Crippen LogP contribution in [0, 0.1) is 0 Å². The second-order valence-electron chi connectivity index (χ2n) is 6.75. The summed E-state index contributed by atoms with van der Waals surface area (Å²) in [5.74, 6) is 0. The maximum absolute atomic E-state index is 6.34. The summed E-state index contributed by atoms with van der Waals surface area (Å²) in [6.07, 6.45) is 0. The van der Waals surface area contributed by atoms with Crippen LogP contribution >= 0.6 is 15.9 Å². The van der Waals surface area contributed by atoms with Crippen LogP contribution in [0.1, 0.15) is 26.5 Å². The van der Waals surface area contributed by atoms with Crippen LogP contribution in [-0.2, 0) is 18.1 Å². The van der Waals surface area contributed by atoms with E-state index in [1.807, 2.05) is 23.9 Å². The molecule has 0 saturated heterocycles. The average Bonchev–Trinajstić information content (AvgIpc) is 2.62. The van der Waals surface area contributed by atoms with Gasteiger partial charge in [-0.1, -0.05) is 42.8 Å². The zero-order valence-corrected chi connectivity index (χ0v) is 15.7. The molecule has 0 N–H and O–H groups in total. The maximum Gasteiger partial charge on any atom is 0.192 e. The van der Waals surface area contributed by atoms with Crippen LogP contribution in [0.25, 0.3) is 10.9 Å². The summed E-state index contributed by atoms with van der Waals surface area (Å²) in [6.45, 7) is 12.0. The third-order valence-corrected chi connectivity index (χ3v) is 9.44. The van der Waals surface area contributed by atoms with Crippen LogP contribution in [0.4, 0.5) is 0 Å². The number of hydrogen-bond acceptors (Lipinski definition) is 2. The molecule has 0 bridgehead atoms. The lowest BCUT2D eigenvalue weighted by atomic mass is 10.2. The normalized spacial score (nSPS) is 13.2. The largest absolute Gasteiger partial charge is 0.411 e. The van der Waals surface area contributed by atoms with Crippen molar-refractivity contribution in [3.05, 3.63) is 28.4 Å². The fraction of sp³-hybridized carbons (Fsp3) is 0.533. The highest BCUT2D eigenvalue weighted by atomic mass is 79.9. The van der Waals surface area contributed by atoms with Gasteiger partial charge in [0.25, 0.3) is 0 Å². The Balaban J connectivity index is 2.34. The molecule has 20 heavy (non-hydrogen) atoms. The first-order valence-corrected chi connectivity index (χ1v) is 10.6. The average molecular weight is 355 g/mol. The van der Waals surface area contributed by atoms with Crippen molar-refractivity contribution in [1.29, 1.82) is 0 Å². The Morgan fingerprint density at radius 3 is 2.55 bits per heavy atom. The molecule has 0 spiro atoms. The van der Waals surface area contributed by atoms with Crippen molar-refractivity contribution in [2.75, 3.05) is 0 Å². The van der Waals surface area contributed by atoms with E-state index in [4.69, 9.17) is 4.43 Å². The minimum absolute atomic E-state index is 0.221. The van der Waals surface area contributed by atoms with E-state index < -0.39 is 8.32 Å². The molecule has 0 aliphatic rings. The van der Waals surface area contributed by atoms with Gasteiger partial charge in [0.05, 0.1) is 17.8 Å². The zero-order valence-electron chi connectivity index (χ0n) is 13.1. The number of halogens is 1. The molecular formula is C15H23BrN2OSi. The Morgan fingerprint density at radius 2 is 1.95 bits per heavy atom. The molecule has 1 heterocycles. The Kier molecular flexibility index (Phi) is 4.15. The molecule has 0 aliphatic heterocycles. The summed E-state index contributed by atoms with van der Waals surface area (Å²) in [5, 5.41) is 5.94. The lowest BCUT2D eigenvalue weighted by molar-refractivity contribution is 0.268. The molecule has 0 fully saturated rings. The highest BCUT2D eigenvalue weighted by Gasteiger charge is 2.37. The highest BCUT2D eigenvalue weighted by molar-refractivity contribution is 9.10. The summed E-state index contributed by atoms with van der Waals surface area (Å²) in [7, 11) is 0.238. The number of aryl methyl sites for hydroxylation is 1. The van der Waals surface area contributed by atoms with Crippen LogP contribution < -0.4 is 0 Å². The second kappa shape index (κ2) is 5.28. The summed E-state index contributed by atoms with van der Waals surface area (Å²) >= 11 is 3.62. The third kappa shape index (κ3) is 2.85. The minimum Gasteiger partial charge on any atom is -0.411 e. The van der Waals surface area contributed by atoms with E-state index in [0.29, 0.717) is 6.61 Å². The number of fused-ring (bicyclic) bond motifs is 1. The van der Waals surface area contributed by atoms with Gasteiger partial charge in [-0.3, -0.25) is 4.68 Å². The van der Waals surface area contributed by atoms with Gasteiger partial charge in [-0.25, -0.2) is 0 Å². The number of rotatable bonds is 3. The molecule has 0 amide bonds.